The second-order valence-electron chi connectivity index (χ2n) is 5.57. The third-order valence-corrected chi connectivity index (χ3v) is 4.61. The van der Waals surface area contributed by atoms with Gasteiger partial charge in [0.25, 0.3) is 5.56 Å². The van der Waals surface area contributed by atoms with E-state index < -0.39 is 0 Å². The summed E-state index contributed by atoms with van der Waals surface area (Å²) in [6.45, 7) is 2.56. The number of hydrogen-bond acceptors (Lipinski definition) is 3. The highest BCUT2D eigenvalue weighted by atomic mass is 32.1. The number of aromatic amines is 1. The Morgan fingerprint density at radius 3 is 2.91 bits per heavy atom. The number of rotatable bonds is 5. The molecule has 4 nitrogen and oxygen atoms in total. The highest BCUT2D eigenvalue weighted by molar-refractivity contribution is 7.09. The smallest absolute Gasteiger partial charge is 0.251 e. The van der Waals surface area contributed by atoms with E-state index in [1.54, 1.807) is 11.3 Å². The lowest BCUT2D eigenvalue weighted by Crippen LogP contribution is -2.23. The van der Waals surface area contributed by atoms with Crippen LogP contribution in [0.3, 0.4) is 0 Å². The van der Waals surface area contributed by atoms with Gasteiger partial charge in [0, 0.05) is 22.4 Å². The highest BCUT2D eigenvalue weighted by Crippen LogP contribution is 2.14. The molecule has 2 N–H and O–H groups in total. The molecule has 0 fully saturated rings. The molecule has 0 radical (unpaired) electrons. The van der Waals surface area contributed by atoms with Crippen molar-refractivity contribution in [2.45, 2.75) is 26.3 Å². The monoisotopic (exact) mass is 326 g/mol. The van der Waals surface area contributed by atoms with Crippen LogP contribution in [0.5, 0.6) is 0 Å². The van der Waals surface area contributed by atoms with E-state index in [9.17, 15) is 9.59 Å². The molecule has 0 aliphatic carbocycles. The van der Waals surface area contributed by atoms with Crippen LogP contribution >= 0.6 is 11.3 Å². The fourth-order valence-corrected chi connectivity index (χ4v) is 3.14. The summed E-state index contributed by atoms with van der Waals surface area (Å²) >= 11 is 1.61. The van der Waals surface area contributed by atoms with E-state index in [4.69, 9.17) is 0 Å². The number of carbonyl (C=O) groups is 1. The van der Waals surface area contributed by atoms with Crippen molar-refractivity contribution in [3.05, 3.63) is 68.1 Å². The van der Waals surface area contributed by atoms with Crippen LogP contribution in [0.25, 0.3) is 10.9 Å². The minimum atomic E-state index is -0.118. The van der Waals surface area contributed by atoms with E-state index >= 15 is 0 Å². The van der Waals surface area contributed by atoms with Crippen LogP contribution in [0.2, 0.25) is 0 Å². The van der Waals surface area contributed by atoms with Crippen LogP contribution in [0.4, 0.5) is 0 Å². The van der Waals surface area contributed by atoms with E-state index in [0.29, 0.717) is 24.9 Å². The first-order valence-corrected chi connectivity index (χ1v) is 8.41. The minimum Gasteiger partial charge on any atom is -0.351 e. The summed E-state index contributed by atoms with van der Waals surface area (Å²) in [7, 11) is 0. The molecule has 2 aromatic heterocycles. The molecule has 1 amide bonds. The summed E-state index contributed by atoms with van der Waals surface area (Å²) in [5.74, 6) is -0.0397. The van der Waals surface area contributed by atoms with Gasteiger partial charge in [-0.25, -0.2) is 0 Å². The van der Waals surface area contributed by atoms with Crippen molar-refractivity contribution < 1.29 is 4.79 Å². The number of amides is 1. The Labute approximate surface area is 138 Å². The number of carbonyl (C=O) groups excluding carboxylic acids is 1. The predicted octanol–water partition coefficient (Wildman–Crippen LogP) is 3.15. The maximum Gasteiger partial charge on any atom is 0.251 e. The first-order valence-electron chi connectivity index (χ1n) is 7.53. The molecular formula is C18H18N2O2S. The van der Waals surface area contributed by atoms with Crippen LogP contribution in [0, 0.1) is 6.92 Å². The molecule has 3 aromatic rings. The van der Waals surface area contributed by atoms with E-state index in [2.05, 4.69) is 10.3 Å². The van der Waals surface area contributed by atoms with E-state index in [1.165, 1.54) is 0 Å². The minimum absolute atomic E-state index is 0.0397. The summed E-state index contributed by atoms with van der Waals surface area (Å²) in [6.07, 6.45) is 0.751. The molecule has 23 heavy (non-hydrogen) atoms. The van der Waals surface area contributed by atoms with Crippen molar-refractivity contribution in [1.29, 1.82) is 0 Å². The Kier molecular flexibility index (Phi) is 4.57. The van der Waals surface area contributed by atoms with Gasteiger partial charge in [-0.05, 0) is 48.4 Å². The lowest BCUT2D eigenvalue weighted by molar-refractivity contribution is -0.121. The Morgan fingerprint density at radius 1 is 1.26 bits per heavy atom. The molecule has 0 aliphatic heterocycles. The summed E-state index contributed by atoms with van der Waals surface area (Å²) < 4.78 is 0. The van der Waals surface area contributed by atoms with Crippen molar-refractivity contribution in [1.82, 2.24) is 10.3 Å². The van der Waals surface area contributed by atoms with Gasteiger partial charge in [-0.3, -0.25) is 9.59 Å². The topological polar surface area (TPSA) is 62.0 Å². The molecule has 0 unspecified atom stereocenters. The Balaban J connectivity index is 1.65. The summed E-state index contributed by atoms with van der Waals surface area (Å²) in [4.78, 5) is 28.0. The number of benzene rings is 1. The molecular weight excluding hydrogens is 308 g/mol. The molecule has 0 spiro atoms. The number of nitrogens with one attached hydrogen (secondary N) is 2. The van der Waals surface area contributed by atoms with Crippen molar-refractivity contribution in [2.24, 2.45) is 0 Å². The number of aromatic nitrogens is 1. The van der Waals surface area contributed by atoms with Gasteiger partial charge < -0.3 is 10.3 Å². The van der Waals surface area contributed by atoms with Gasteiger partial charge >= 0.3 is 0 Å². The average Bonchev–Trinajstić information content (AvgIpc) is 3.04. The van der Waals surface area contributed by atoms with Gasteiger partial charge in [0.1, 0.15) is 0 Å². The second-order valence-corrected chi connectivity index (χ2v) is 6.60. The van der Waals surface area contributed by atoms with Crippen LogP contribution in [0.1, 0.15) is 22.4 Å². The van der Waals surface area contributed by atoms with Gasteiger partial charge in [-0.15, -0.1) is 11.3 Å². The Morgan fingerprint density at radius 2 is 2.13 bits per heavy atom. The Bertz CT molecular complexity index is 882. The molecule has 0 bridgehead atoms. The molecule has 3 rings (SSSR count). The molecule has 2 heterocycles. The number of fused-ring (bicyclic) bond motifs is 1. The van der Waals surface area contributed by atoms with E-state index in [-0.39, 0.29) is 11.5 Å². The first-order chi connectivity index (χ1) is 11.1. The normalized spacial score (nSPS) is 10.8. The maximum absolute atomic E-state index is 12.1. The zero-order valence-electron chi connectivity index (χ0n) is 12.9. The van der Waals surface area contributed by atoms with Crippen LogP contribution in [-0.2, 0) is 17.8 Å². The van der Waals surface area contributed by atoms with Gasteiger partial charge in [-0.1, -0.05) is 17.7 Å². The summed E-state index contributed by atoms with van der Waals surface area (Å²) in [5.41, 5.74) is 2.50. The van der Waals surface area contributed by atoms with Crippen LogP contribution < -0.4 is 10.9 Å². The highest BCUT2D eigenvalue weighted by Gasteiger charge is 2.07. The third-order valence-electron chi connectivity index (χ3n) is 3.74. The van der Waals surface area contributed by atoms with Gasteiger partial charge in [-0.2, -0.15) is 0 Å². The largest absolute Gasteiger partial charge is 0.351 e. The van der Waals surface area contributed by atoms with Crippen LogP contribution in [0.15, 0.2) is 46.6 Å². The van der Waals surface area contributed by atoms with Gasteiger partial charge in [0.15, 0.2) is 0 Å². The van der Waals surface area contributed by atoms with Crippen molar-refractivity contribution in [3.8, 4) is 0 Å². The molecule has 0 atom stereocenters. The summed E-state index contributed by atoms with van der Waals surface area (Å²) in [6, 6.07) is 11.7. The number of pyridine rings is 1. The molecule has 0 aliphatic rings. The third kappa shape index (κ3) is 3.87. The van der Waals surface area contributed by atoms with Crippen molar-refractivity contribution in [3.63, 3.8) is 0 Å². The number of aryl methyl sites for hydroxylation is 2. The standard InChI is InChI=1S/C18H18N2O2S/c1-12-4-6-16-14(9-12)10-13(18(22)20-16)5-7-17(21)19-11-15-3-2-8-23-15/h2-4,6,8-10H,5,7,11H2,1H3,(H,19,21)(H,20,22). The second kappa shape index (κ2) is 6.79. The zero-order valence-corrected chi connectivity index (χ0v) is 13.7. The van der Waals surface area contributed by atoms with Gasteiger partial charge in [0.05, 0.1) is 6.54 Å². The number of thiophene rings is 1. The van der Waals surface area contributed by atoms with Crippen molar-refractivity contribution >= 4 is 28.1 Å². The first kappa shape index (κ1) is 15.5. The quantitative estimate of drug-likeness (QED) is 0.756. The Hall–Kier alpha value is -2.40. The lowest BCUT2D eigenvalue weighted by Gasteiger charge is -2.05. The van der Waals surface area contributed by atoms with Crippen LogP contribution in [-0.4, -0.2) is 10.9 Å². The lowest BCUT2D eigenvalue weighted by atomic mass is 10.1. The van der Waals surface area contributed by atoms with Gasteiger partial charge in [0.2, 0.25) is 5.91 Å². The molecule has 5 heteroatoms. The molecule has 118 valence electrons. The van der Waals surface area contributed by atoms with Crippen molar-refractivity contribution in [2.75, 3.05) is 0 Å². The molecule has 1 aromatic carbocycles. The van der Waals surface area contributed by atoms with E-state index in [1.807, 2.05) is 48.7 Å². The SMILES string of the molecule is Cc1ccc2[nH]c(=O)c(CCC(=O)NCc3cccs3)cc2c1. The zero-order chi connectivity index (χ0) is 16.2. The fraction of sp³-hybridized carbons (Fsp3) is 0.222. The predicted molar refractivity (Wildman–Crippen MR) is 93.8 cm³/mol. The maximum atomic E-state index is 12.1. The average molecular weight is 326 g/mol. The molecule has 0 saturated heterocycles. The fourth-order valence-electron chi connectivity index (χ4n) is 2.49. The van der Waals surface area contributed by atoms with E-state index in [0.717, 1.165) is 21.3 Å². The number of hydrogen-bond donors (Lipinski definition) is 2. The summed E-state index contributed by atoms with van der Waals surface area (Å²) in [5, 5.41) is 5.86. The molecule has 0 saturated carbocycles. The number of H-pyrrole nitrogens is 1.